The van der Waals surface area contributed by atoms with Gasteiger partial charge in [0.05, 0.1) is 12.5 Å². The Kier molecular flexibility index (Phi) is 7.18. The molecule has 0 heterocycles. The molecule has 3 nitrogen and oxygen atoms in total. The van der Waals surface area contributed by atoms with E-state index in [0.29, 0.717) is 18.3 Å². The van der Waals surface area contributed by atoms with Crippen molar-refractivity contribution in [3.05, 3.63) is 36.4 Å². The molecule has 0 N–H and O–H groups in total. The first-order valence-corrected chi connectivity index (χ1v) is 8.84. The van der Waals surface area contributed by atoms with Crippen LogP contribution in [0.15, 0.2) is 36.4 Å². The minimum atomic E-state index is -0.0925. The van der Waals surface area contributed by atoms with Crippen LogP contribution >= 0.6 is 0 Å². The number of hydrogen-bond donors (Lipinski definition) is 0. The van der Waals surface area contributed by atoms with Crippen LogP contribution < -0.4 is 9.47 Å². The molecule has 23 heavy (non-hydrogen) atoms. The summed E-state index contributed by atoms with van der Waals surface area (Å²) in [4.78, 5) is 12.3. The third-order valence-corrected chi connectivity index (χ3v) is 4.32. The predicted octanol–water partition coefficient (Wildman–Crippen LogP) is 5.15. The number of ether oxygens (including phenoxy) is 2. The number of allylic oxidation sites excluding steroid dienone is 2. The average molecular weight is 316 g/mol. The van der Waals surface area contributed by atoms with Gasteiger partial charge in [0.25, 0.3) is 0 Å². The molecule has 2 rings (SSSR count). The summed E-state index contributed by atoms with van der Waals surface area (Å²) in [5.41, 5.74) is 0. The summed E-state index contributed by atoms with van der Waals surface area (Å²) in [6, 6.07) is 7.26. The van der Waals surface area contributed by atoms with E-state index in [-0.39, 0.29) is 11.9 Å². The van der Waals surface area contributed by atoms with E-state index in [4.69, 9.17) is 9.47 Å². The lowest BCUT2D eigenvalue weighted by Gasteiger charge is -2.25. The van der Waals surface area contributed by atoms with Crippen molar-refractivity contribution in [2.75, 3.05) is 6.61 Å². The molecule has 1 aliphatic rings. The molecule has 0 radical (unpaired) electrons. The van der Waals surface area contributed by atoms with Crippen molar-refractivity contribution in [3.63, 3.8) is 0 Å². The Hall–Kier alpha value is -1.77. The maximum absolute atomic E-state index is 12.3. The van der Waals surface area contributed by atoms with Gasteiger partial charge in [-0.15, -0.1) is 0 Å². The van der Waals surface area contributed by atoms with Crippen LogP contribution in [0.1, 0.15) is 52.4 Å². The molecule has 126 valence electrons. The van der Waals surface area contributed by atoms with Gasteiger partial charge in [0.15, 0.2) is 0 Å². The number of carbonyl (C=O) groups is 1. The van der Waals surface area contributed by atoms with E-state index in [1.165, 1.54) is 6.42 Å². The monoisotopic (exact) mass is 316 g/mol. The maximum Gasteiger partial charge on any atom is 0.314 e. The van der Waals surface area contributed by atoms with Crippen molar-refractivity contribution in [3.8, 4) is 11.5 Å². The molecule has 1 aliphatic carbocycles. The number of rotatable bonds is 7. The summed E-state index contributed by atoms with van der Waals surface area (Å²) >= 11 is 0. The number of hydrogen-bond acceptors (Lipinski definition) is 3. The van der Waals surface area contributed by atoms with Crippen LogP contribution in [-0.4, -0.2) is 12.6 Å². The van der Waals surface area contributed by atoms with Crippen molar-refractivity contribution >= 4 is 5.97 Å². The minimum absolute atomic E-state index is 0.0393. The number of unbranched alkanes of at least 4 members (excludes halogenated alkanes) is 1. The molecule has 3 heteroatoms. The highest BCUT2D eigenvalue weighted by Gasteiger charge is 2.26. The summed E-state index contributed by atoms with van der Waals surface area (Å²) in [5, 5.41) is 0. The lowest BCUT2D eigenvalue weighted by Crippen LogP contribution is -2.25. The molecular weight excluding hydrogens is 288 g/mol. The highest BCUT2D eigenvalue weighted by atomic mass is 16.5. The molecule has 1 aromatic carbocycles. The third kappa shape index (κ3) is 5.74. The zero-order chi connectivity index (χ0) is 16.5. The van der Waals surface area contributed by atoms with Gasteiger partial charge >= 0.3 is 5.97 Å². The fourth-order valence-corrected chi connectivity index (χ4v) is 2.97. The van der Waals surface area contributed by atoms with Crippen molar-refractivity contribution in [2.24, 2.45) is 11.8 Å². The fourth-order valence-electron chi connectivity index (χ4n) is 2.97. The molecule has 0 bridgehead atoms. The van der Waals surface area contributed by atoms with Crippen LogP contribution in [0, 0.1) is 11.8 Å². The van der Waals surface area contributed by atoms with Crippen molar-refractivity contribution in [1.82, 2.24) is 0 Å². The van der Waals surface area contributed by atoms with Crippen molar-refractivity contribution in [2.45, 2.75) is 52.4 Å². The lowest BCUT2D eigenvalue weighted by molar-refractivity contribution is -0.140. The smallest absolute Gasteiger partial charge is 0.314 e. The predicted molar refractivity (Wildman–Crippen MR) is 92.7 cm³/mol. The summed E-state index contributed by atoms with van der Waals surface area (Å²) in [7, 11) is 0. The van der Waals surface area contributed by atoms with Gasteiger partial charge in [-0.2, -0.15) is 0 Å². The van der Waals surface area contributed by atoms with Crippen LogP contribution in [-0.2, 0) is 4.79 Å². The second-order valence-electron chi connectivity index (χ2n) is 6.15. The number of benzene rings is 1. The molecule has 0 spiro atoms. The van der Waals surface area contributed by atoms with E-state index in [0.717, 1.165) is 37.9 Å². The Balaban J connectivity index is 1.78. The van der Waals surface area contributed by atoms with Gasteiger partial charge in [0, 0.05) is 0 Å². The first kappa shape index (κ1) is 17.6. The Labute approximate surface area is 139 Å². The van der Waals surface area contributed by atoms with Gasteiger partial charge in [-0.1, -0.05) is 25.5 Å². The zero-order valence-corrected chi connectivity index (χ0v) is 14.3. The summed E-state index contributed by atoms with van der Waals surface area (Å²) in [6.07, 6.45) is 11.0. The fraction of sp³-hybridized carbons (Fsp3) is 0.550. The molecule has 0 aromatic heterocycles. The van der Waals surface area contributed by atoms with Gasteiger partial charge in [-0.05, 0) is 69.2 Å². The molecular formula is C20H28O3. The average Bonchev–Trinajstić information content (AvgIpc) is 2.58. The van der Waals surface area contributed by atoms with E-state index in [1.807, 2.05) is 19.1 Å². The first-order chi connectivity index (χ1) is 11.2. The third-order valence-electron chi connectivity index (χ3n) is 4.32. The summed E-state index contributed by atoms with van der Waals surface area (Å²) < 4.78 is 10.9. The molecule has 0 aliphatic heterocycles. The second-order valence-corrected chi connectivity index (χ2v) is 6.15. The molecule has 1 aromatic rings. The van der Waals surface area contributed by atoms with Gasteiger partial charge in [-0.3, -0.25) is 4.79 Å². The highest BCUT2D eigenvalue weighted by Crippen LogP contribution is 2.31. The summed E-state index contributed by atoms with van der Waals surface area (Å²) in [5.74, 6) is 1.98. The van der Waals surface area contributed by atoms with Crippen LogP contribution in [0.5, 0.6) is 11.5 Å². The van der Waals surface area contributed by atoms with E-state index in [2.05, 4.69) is 19.1 Å². The number of carbonyl (C=O) groups excluding carboxylic acids is 1. The Morgan fingerprint density at radius 2 is 1.74 bits per heavy atom. The van der Waals surface area contributed by atoms with Crippen molar-refractivity contribution in [1.29, 1.82) is 0 Å². The minimum Gasteiger partial charge on any atom is -0.494 e. The standard InChI is InChI=1S/C20H28O3/c1-3-5-6-7-16-8-10-17(11-9-16)20(21)23-19-14-12-18(13-15-19)22-4-2/h6-7,12-17H,3-5,8-11H2,1-2H3/b7-6+. The SMILES string of the molecule is CCC/C=C/C1CCC(C(=O)Oc2ccc(OCC)cc2)CC1. The molecule has 0 atom stereocenters. The van der Waals surface area contributed by atoms with E-state index >= 15 is 0 Å². The molecule has 0 amide bonds. The normalized spacial score (nSPS) is 21.3. The molecule has 1 saturated carbocycles. The van der Waals surface area contributed by atoms with Crippen LogP contribution in [0.2, 0.25) is 0 Å². The van der Waals surface area contributed by atoms with Crippen molar-refractivity contribution < 1.29 is 14.3 Å². The van der Waals surface area contributed by atoms with Crippen LogP contribution in [0.25, 0.3) is 0 Å². The van der Waals surface area contributed by atoms with E-state index in [1.54, 1.807) is 12.1 Å². The van der Waals surface area contributed by atoms with Crippen LogP contribution in [0.4, 0.5) is 0 Å². The van der Waals surface area contributed by atoms with Gasteiger partial charge in [0.1, 0.15) is 11.5 Å². The topological polar surface area (TPSA) is 35.5 Å². The van der Waals surface area contributed by atoms with Crippen LogP contribution in [0.3, 0.4) is 0 Å². The second kappa shape index (κ2) is 9.39. The lowest BCUT2D eigenvalue weighted by atomic mass is 9.82. The number of esters is 1. The van der Waals surface area contributed by atoms with Gasteiger partial charge < -0.3 is 9.47 Å². The quantitative estimate of drug-likeness (QED) is 0.396. The summed E-state index contributed by atoms with van der Waals surface area (Å²) in [6.45, 7) is 4.77. The molecule has 1 fully saturated rings. The highest BCUT2D eigenvalue weighted by molar-refractivity contribution is 5.75. The Morgan fingerprint density at radius 3 is 2.35 bits per heavy atom. The van der Waals surface area contributed by atoms with E-state index in [9.17, 15) is 4.79 Å². The van der Waals surface area contributed by atoms with Gasteiger partial charge in [-0.25, -0.2) is 0 Å². The van der Waals surface area contributed by atoms with E-state index < -0.39 is 0 Å². The first-order valence-electron chi connectivity index (χ1n) is 8.84. The molecule has 0 unspecified atom stereocenters. The Morgan fingerprint density at radius 1 is 1.09 bits per heavy atom. The Bertz CT molecular complexity index is 496. The maximum atomic E-state index is 12.3. The zero-order valence-electron chi connectivity index (χ0n) is 14.3. The molecule has 0 saturated heterocycles. The van der Waals surface area contributed by atoms with Gasteiger partial charge in [0.2, 0.25) is 0 Å². The largest absolute Gasteiger partial charge is 0.494 e.